The maximum atomic E-state index is 13.3. The lowest BCUT2D eigenvalue weighted by Crippen LogP contribution is -2.36. The van der Waals surface area contributed by atoms with Crippen molar-refractivity contribution in [3.63, 3.8) is 0 Å². The van der Waals surface area contributed by atoms with Gasteiger partial charge in [0.05, 0.1) is 5.69 Å². The van der Waals surface area contributed by atoms with Gasteiger partial charge in [-0.25, -0.2) is 14.6 Å². The summed E-state index contributed by atoms with van der Waals surface area (Å²) in [4.78, 5) is 4.10. The molecule has 6 heteroatoms. The first-order valence-corrected chi connectivity index (χ1v) is 5.40. The van der Waals surface area contributed by atoms with Crippen LogP contribution in [0.5, 0.6) is 0 Å². The van der Waals surface area contributed by atoms with E-state index in [9.17, 15) is 8.78 Å². The van der Waals surface area contributed by atoms with Crippen LogP contribution >= 0.6 is 0 Å². The Hall–Kier alpha value is -1.69. The molecule has 17 heavy (non-hydrogen) atoms. The molecule has 4 N–H and O–H groups in total. The van der Waals surface area contributed by atoms with Gasteiger partial charge in [-0.05, 0) is 18.6 Å². The van der Waals surface area contributed by atoms with Crippen LogP contribution in [0.15, 0.2) is 23.2 Å². The highest BCUT2D eigenvalue weighted by Gasteiger charge is 2.05. The van der Waals surface area contributed by atoms with Crippen LogP contribution in [0.2, 0.25) is 0 Å². The Morgan fingerprint density at radius 2 is 2.18 bits per heavy atom. The summed E-state index contributed by atoms with van der Waals surface area (Å²) < 4.78 is 26.0. The van der Waals surface area contributed by atoms with Gasteiger partial charge in [0.15, 0.2) is 0 Å². The van der Waals surface area contributed by atoms with Gasteiger partial charge in [-0.1, -0.05) is 13.3 Å². The predicted molar refractivity (Wildman–Crippen MR) is 64.5 cm³/mol. The fourth-order valence-corrected chi connectivity index (χ4v) is 1.19. The predicted octanol–water partition coefficient (Wildman–Crippen LogP) is 2.00. The molecule has 0 heterocycles. The Balaban J connectivity index is 2.70. The molecular formula is C11H16F2N4. The van der Waals surface area contributed by atoms with E-state index >= 15 is 0 Å². The molecule has 0 unspecified atom stereocenters. The molecule has 0 aromatic heterocycles. The maximum absolute atomic E-state index is 13.3. The van der Waals surface area contributed by atoms with Crippen LogP contribution in [0.25, 0.3) is 0 Å². The zero-order valence-electron chi connectivity index (χ0n) is 9.63. The van der Waals surface area contributed by atoms with Crippen molar-refractivity contribution in [2.24, 2.45) is 10.8 Å². The molecule has 0 atom stereocenters. The van der Waals surface area contributed by atoms with Gasteiger partial charge in [0.1, 0.15) is 11.6 Å². The second kappa shape index (κ2) is 6.80. The fourth-order valence-electron chi connectivity index (χ4n) is 1.19. The monoisotopic (exact) mass is 242 g/mol. The molecular weight excluding hydrogens is 226 g/mol. The molecule has 0 aliphatic heterocycles. The molecule has 1 aromatic rings. The SMILES string of the molecule is CCCCN=C(NN)Nc1ccc(F)cc1F. The van der Waals surface area contributed by atoms with Crippen molar-refractivity contribution in [3.05, 3.63) is 29.8 Å². The summed E-state index contributed by atoms with van der Waals surface area (Å²) in [5, 5.41) is 2.66. The summed E-state index contributed by atoms with van der Waals surface area (Å²) in [6.07, 6.45) is 1.92. The summed E-state index contributed by atoms with van der Waals surface area (Å²) >= 11 is 0. The summed E-state index contributed by atoms with van der Waals surface area (Å²) in [5.74, 6) is 4.18. The first kappa shape index (κ1) is 13.4. The van der Waals surface area contributed by atoms with Gasteiger partial charge in [-0.2, -0.15) is 0 Å². The van der Waals surface area contributed by atoms with Crippen molar-refractivity contribution >= 4 is 11.6 Å². The Bertz CT molecular complexity index is 393. The lowest BCUT2D eigenvalue weighted by Gasteiger charge is -2.09. The van der Waals surface area contributed by atoms with E-state index < -0.39 is 11.6 Å². The second-order valence-electron chi connectivity index (χ2n) is 3.48. The van der Waals surface area contributed by atoms with Crippen LogP contribution in [0, 0.1) is 11.6 Å². The lowest BCUT2D eigenvalue weighted by atomic mass is 10.3. The number of nitrogens with zero attached hydrogens (tertiary/aromatic N) is 1. The minimum absolute atomic E-state index is 0.125. The van der Waals surface area contributed by atoms with Crippen molar-refractivity contribution in [1.29, 1.82) is 0 Å². The number of aliphatic imine (C=N–C) groups is 1. The summed E-state index contributed by atoms with van der Waals surface area (Å²) in [6.45, 7) is 2.63. The molecule has 1 aromatic carbocycles. The van der Waals surface area contributed by atoms with Crippen LogP contribution in [0.3, 0.4) is 0 Å². The van der Waals surface area contributed by atoms with E-state index in [1.807, 2.05) is 6.92 Å². The third kappa shape index (κ3) is 4.36. The van der Waals surface area contributed by atoms with Gasteiger partial charge in [-0.15, -0.1) is 0 Å². The number of anilines is 1. The fraction of sp³-hybridized carbons (Fsp3) is 0.364. The molecule has 0 aliphatic carbocycles. The number of unbranched alkanes of at least 4 members (excludes halogenated alkanes) is 1. The standard InChI is InChI=1S/C11H16F2N4/c1-2-3-6-15-11(17-14)16-10-5-4-8(12)7-9(10)13/h4-5,7H,2-3,6,14H2,1H3,(H2,15,16,17). The quantitative estimate of drug-likeness (QED) is 0.249. The number of hydrogen-bond donors (Lipinski definition) is 3. The van der Waals surface area contributed by atoms with Crippen LogP contribution < -0.4 is 16.6 Å². The zero-order valence-corrected chi connectivity index (χ0v) is 9.63. The van der Waals surface area contributed by atoms with Crippen molar-refractivity contribution in [2.75, 3.05) is 11.9 Å². The number of nitrogens with one attached hydrogen (secondary N) is 2. The number of halogens is 2. The Morgan fingerprint density at radius 3 is 2.76 bits per heavy atom. The van der Waals surface area contributed by atoms with E-state index in [0.717, 1.165) is 25.0 Å². The molecule has 0 fully saturated rings. The van der Waals surface area contributed by atoms with Gasteiger partial charge >= 0.3 is 0 Å². The summed E-state index contributed by atoms with van der Waals surface area (Å²) in [6, 6.07) is 3.24. The normalized spacial score (nSPS) is 11.4. The van der Waals surface area contributed by atoms with E-state index in [4.69, 9.17) is 5.84 Å². The van der Waals surface area contributed by atoms with Gasteiger partial charge < -0.3 is 5.32 Å². The number of benzene rings is 1. The van der Waals surface area contributed by atoms with E-state index in [1.165, 1.54) is 6.07 Å². The van der Waals surface area contributed by atoms with E-state index in [0.29, 0.717) is 6.54 Å². The topological polar surface area (TPSA) is 62.4 Å². The number of hydrazine groups is 1. The highest BCUT2D eigenvalue weighted by Crippen LogP contribution is 2.14. The highest BCUT2D eigenvalue weighted by molar-refractivity contribution is 5.93. The van der Waals surface area contributed by atoms with Crippen LogP contribution in [0.4, 0.5) is 14.5 Å². The highest BCUT2D eigenvalue weighted by atomic mass is 19.1. The Labute approximate surface area is 98.9 Å². The molecule has 4 nitrogen and oxygen atoms in total. The molecule has 0 spiro atoms. The molecule has 0 aliphatic rings. The molecule has 94 valence electrons. The number of hydrogen-bond acceptors (Lipinski definition) is 2. The Kier molecular flexibility index (Phi) is 5.35. The van der Waals surface area contributed by atoms with E-state index in [-0.39, 0.29) is 11.6 Å². The maximum Gasteiger partial charge on any atom is 0.210 e. The number of rotatable bonds is 4. The Morgan fingerprint density at radius 1 is 1.41 bits per heavy atom. The lowest BCUT2D eigenvalue weighted by molar-refractivity contribution is 0.586. The largest absolute Gasteiger partial charge is 0.323 e. The van der Waals surface area contributed by atoms with Crippen molar-refractivity contribution in [1.82, 2.24) is 5.43 Å². The molecule has 1 rings (SSSR count). The zero-order chi connectivity index (χ0) is 12.7. The van der Waals surface area contributed by atoms with Crippen molar-refractivity contribution in [3.8, 4) is 0 Å². The van der Waals surface area contributed by atoms with Gasteiger partial charge in [0.25, 0.3) is 0 Å². The first-order chi connectivity index (χ1) is 8.17. The number of guanidine groups is 1. The summed E-state index contributed by atoms with van der Waals surface area (Å²) in [7, 11) is 0. The molecule has 0 bridgehead atoms. The van der Waals surface area contributed by atoms with Crippen LogP contribution in [-0.4, -0.2) is 12.5 Å². The minimum Gasteiger partial charge on any atom is -0.323 e. The smallest absolute Gasteiger partial charge is 0.210 e. The van der Waals surface area contributed by atoms with Gasteiger partial charge in [0, 0.05) is 12.6 Å². The second-order valence-corrected chi connectivity index (χ2v) is 3.48. The average Bonchev–Trinajstić information content (AvgIpc) is 2.31. The van der Waals surface area contributed by atoms with Crippen molar-refractivity contribution < 1.29 is 8.78 Å². The number of nitrogens with two attached hydrogens (primary N) is 1. The molecule has 0 radical (unpaired) electrons. The summed E-state index contributed by atoms with van der Waals surface area (Å²) in [5.41, 5.74) is 2.45. The average molecular weight is 242 g/mol. The molecule has 0 saturated heterocycles. The van der Waals surface area contributed by atoms with Crippen LogP contribution in [0.1, 0.15) is 19.8 Å². The first-order valence-electron chi connectivity index (χ1n) is 5.40. The third-order valence-electron chi connectivity index (χ3n) is 2.10. The van der Waals surface area contributed by atoms with Crippen LogP contribution in [-0.2, 0) is 0 Å². The molecule has 0 amide bonds. The van der Waals surface area contributed by atoms with E-state index in [1.54, 1.807) is 0 Å². The van der Waals surface area contributed by atoms with Crippen molar-refractivity contribution in [2.45, 2.75) is 19.8 Å². The van der Waals surface area contributed by atoms with Gasteiger partial charge in [0.2, 0.25) is 5.96 Å². The third-order valence-corrected chi connectivity index (χ3v) is 2.10. The van der Waals surface area contributed by atoms with Gasteiger partial charge in [-0.3, -0.25) is 10.4 Å². The molecule has 0 saturated carbocycles. The minimum atomic E-state index is -0.691. The van der Waals surface area contributed by atoms with E-state index in [2.05, 4.69) is 15.7 Å².